The lowest BCUT2D eigenvalue weighted by Gasteiger charge is -2.21. The van der Waals surface area contributed by atoms with Crippen LogP contribution in [0.4, 0.5) is 15.8 Å². The number of nitrogens with one attached hydrogen (secondary N) is 1. The van der Waals surface area contributed by atoms with Gasteiger partial charge in [0.1, 0.15) is 17.8 Å². The topological polar surface area (TPSA) is 133 Å². The summed E-state index contributed by atoms with van der Waals surface area (Å²) in [6.07, 6.45) is -1.46. The van der Waals surface area contributed by atoms with Gasteiger partial charge in [-0.15, -0.1) is 0 Å². The molecule has 0 aliphatic carbocycles. The van der Waals surface area contributed by atoms with Crippen molar-refractivity contribution in [2.24, 2.45) is 5.92 Å². The van der Waals surface area contributed by atoms with Crippen molar-refractivity contribution in [2.45, 2.75) is 6.10 Å². The van der Waals surface area contributed by atoms with E-state index >= 15 is 0 Å². The molecule has 0 unspecified atom stereocenters. The molecule has 4 rings (SSSR count). The fourth-order valence-corrected chi connectivity index (χ4v) is 3.67. The van der Waals surface area contributed by atoms with Gasteiger partial charge in [0.05, 0.1) is 16.1 Å². The summed E-state index contributed by atoms with van der Waals surface area (Å²) in [5.41, 5.74) is -0.523. The molecule has 1 aliphatic heterocycles. The molecule has 170 valence electrons. The van der Waals surface area contributed by atoms with Gasteiger partial charge in [-0.1, -0.05) is 36.4 Å². The van der Waals surface area contributed by atoms with Gasteiger partial charge in [0.15, 0.2) is 5.78 Å². The molecule has 1 amide bonds. The number of nitro groups is 1. The first-order chi connectivity index (χ1) is 16.3. The number of non-ortho nitro benzene ring substituents is 1. The normalized spacial score (nSPS) is 15.1. The maximum atomic E-state index is 14.4. The number of fused-ring (bicyclic) bond motifs is 1. The maximum absolute atomic E-state index is 14.4. The number of carbonyl (C=O) groups is 4. The highest BCUT2D eigenvalue weighted by atomic mass is 19.1. The molecule has 1 N–H and O–H groups in total. The Morgan fingerprint density at radius 1 is 1.00 bits per heavy atom. The quantitative estimate of drug-likeness (QED) is 0.141. The lowest BCUT2D eigenvalue weighted by molar-refractivity contribution is -0.384. The average Bonchev–Trinajstić information content (AvgIpc) is 3.15. The van der Waals surface area contributed by atoms with Gasteiger partial charge >= 0.3 is 5.97 Å². The van der Waals surface area contributed by atoms with Crippen molar-refractivity contribution in [2.75, 3.05) is 5.32 Å². The van der Waals surface area contributed by atoms with Crippen molar-refractivity contribution in [1.29, 1.82) is 0 Å². The Kier molecular flexibility index (Phi) is 5.96. The highest BCUT2D eigenvalue weighted by Crippen LogP contribution is 2.38. The van der Waals surface area contributed by atoms with E-state index in [1.54, 1.807) is 12.1 Å². The molecular formula is C24H15FN2O7. The molecule has 2 atom stereocenters. The van der Waals surface area contributed by atoms with Gasteiger partial charge in [-0.05, 0) is 24.3 Å². The van der Waals surface area contributed by atoms with Gasteiger partial charge in [-0.2, -0.15) is 0 Å². The summed E-state index contributed by atoms with van der Waals surface area (Å²) in [5.74, 6) is -7.22. The van der Waals surface area contributed by atoms with Crippen LogP contribution in [0.5, 0.6) is 0 Å². The fourth-order valence-electron chi connectivity index (χ4n) is 3.67. The van der Waals surface area contributed by atoms with Crippen LogP contribution in [-0.2, 0) is 14.3 Å². The van der Waals surface area contributed by atoms with Crippen molar-refractivity contribution in [3.63, 3.8) is 0 Å². The Hall–Kier alpha value is -4.73. The standard InChI is InChI=1S/C24H15FN2O7/c25-18-11-4-3-10-17(18)20(28)19(22-15-8-1-2-9-16(15)24(31)34-22)21(29)23(30)26-13-6-5-7-14(12-13)27(32)33/h1-12,19,22H,(H,26,30)/t19-,22+/m1/s1. The number of hydrogen-bond donors (Lipinski definition) is 1. The van der Waals surface area contributed by atoms with E-state index < -0.39 is 51.8 Å². The second kappa shape index (κ2) is 9.02. The SMILES string of the molecule is O=C(Nc1cccc([N+](=O)[O-])c1)C(=O)[C@@H](C(=O)c1ccccc1F)[C@H]1OC(=O)c2ccccc21. The molecule has 1 aliphatic rings. The highest BCUT2D eigenvalue weighted by molar-refractivity contribution is 6.45. The number of ether oxygens (including phenoxy) is 1. The molecule has 0 saturated heterocycles. The number of esters is 1. The third-order valence-corrected chi connectivity index (χ3v) is 5.27. The molecule has 0 radical (unpaired) electrons. The van der Waals surface area contributed by atoms with Gasteiger partial charge in [0, 0.05) is 23.4 Å². The zero-order valence-electron chi connectivity index (χ0n) is 17.3. The molecular weight excluding hydrogens is 447 g/mol. The minimum absolute atomic E-state index is 0.0616. The van der Waals surface area contributed by atoms with E-state index in [4.69, 9.17) is 4.74 Å². The molecule has 1 heterocycles. The smallest absolute Gasteiger partial charge is 0.339 e. The number of nitrogens with zero attached hydrogens (tertiary/aromatic N) is 1. The Morgan fingerprint density at radius 3 is 2.44 bits per heavy atom. The van der Waals surface area contributed by atoms with E-state index in [0.717, 1.165) is 18.2 Å². The minimum Gasteiger partial charge on any atom is -0.453 e. The van der Waals surface area contributed by atoms with Gasteiger partial charge < -0.3 is 10.1 Å². The largest absolute Gasteiger partial charge is 0.453 e. The third kappa shape index (κ3) is 4.16. The molecule has 0 saturated carbocycles. The average molecular weight is 462 g/mol. The molecule has 9 nitrogen and oxygen atoms in total. The molecule has 0 bridgehead atoms. The molecule has 3 aromatic rings. The van der Waals surface area contributed by atoms with Crippen LogP contribution < -0.4 is 5.32 Å². The van der Waals surface area contributed by atoms with E-state index in [-0.39, 0.29) is 22.5 Å². The van der Waals surface area contributed by atoms with Crippen LogP contribution in [0.15, 0.2) is 72.8 Å². The molecule has 0 aromatic heterocycles. The number of ketones is 2. The van der Waals surface area contributed by atoms with Crippen molar-refractivity contribution in [1.82, 2.24) is 0 Å². The number of benzene rings is 3. The zero-order valence-corrected chi connectivity index (χ0v) is 17.3. The van der Waals surface area contributed by atoms with Crippen LogP contribution in [-0.4, -0.2) is 28.4 Å². The molecule has 34 heavy (non-hydrogen) atoms. The highest BCUT2D eigenvalue weighted by Gasteiger charge is 2.46. The summed E-state index contributed by atoms with van der Waals surface area (Å²) in [5, 5.41) is 13.2. The predicted molar refractivity (Wildman–Crippen MR) is 116 cm³/mol. The number of carbonyl (C=O) groups excluding carboxylic acids is 4. The number of hydrogen-bond acceptors (Lipinski definition) is 7. The minimum atomic E-state index is -1.89. The summed E-state index contributed by atoms with van der Waals surface area (Å²) < 4.78 is 19.7. The molecule has 10 heteroatoms. The Balaban J connectivity index is 1.72. The lowest BCUT2D eigenvalue weighted by Crippen LogP contribution is -2.38. The first-order valence-electron chi connectivity index (χ1n) is 9.96. The zero-order chi connectivity index (χ0) is 24.4. The van der Waals surface area contributed by atoms with Crippen LogP contribution in [0.1, 0.15) is 32.4 Å². The number of rotatable bonds is 7. The van der Waals surface area contributed by atoms with Crippen molar-refractivity contribution >= 4 is 34.8 Å². The number of cyclic esters (lactones) is 1. The van der Waals surface area contributed by atoms with Gasteiger partial charge in [0.25, 0.3) is 11.6 Å². The fraction of sp³-hybridized carbons (Fsp3) is 0.0833. The van der Waals surface area contributed by atoms with E-state index in [0.29, 0.717) is 0 Å². The first-order valence-corrected chi connectivity index (χ1v) is 9.96. The monoisotopic (exact) mass is 462 g/mol. The summed E-state index contributed by atoms with van der Waals surface area (Å²) in [4.78, 5) is 61.9. The number of amides is 1. The molecule has 0 spiro atoms. The lowest BCUT2D eigenvalue weighted by atomic mass is 9.84. The second-order valence-electron chi connectivity index (χ2n) is 7.36. The van der Waals surface area contributed by atoms with E-state index in [1.807, 2.05) is 0 Å². The summed E-state index contributed by atoms with van der Waals surface area (Å²) >= 11 is 0. The molecule has 3 aromatic carbocycles. The van der Waals surface area contributed by atoms with Crippen molar-refractivity contribution in [3.05, 3.63) is 105 Å². The van der Waals surface area contributed by atoms with E-state index in [9.17, 15) is 33.7 Å². The Bertz CT molecular complexity index is 1350. The first kappa shape index (κ1) is 22.5. The van der Waals surface area contributed by atoms with Crippen LogP contribution in [0.3, 0.4) is 0 Å². The number of nitro benzene ring substituents is 1. The number of anilines is 1. The number of Topliss-reactive ketones (excluding diaryl/α,β-unsaturated/α-hetero) is 2. The second-order valence-corrected chi connectivity index (χ2v) is 7.36. The Morgan fingerprint density at radius 2 is 1.71 bits per heavy atom. The summed E-state index contributed by atoms with van der Waals surface area (Å²) in [7, 11) is 0. The maximum Gasteiger partial charge on any atom is 0.339 e. The van der Waals surface area contributed by atoms with Crippen molar-refractivity contribution < 1.29 is 33.2 Å². The van der Waals surface area contributed by atoms with Gasteiger partial charge in [-0.25, -0.2) is 9.18 Å². The van der Waals surface area contributed by atoms with Crippen LogP contribution in [0.2, 0.25) is 0 Å². The third-order valence-electron chi connectivity index (χ3n) is 5.27. The van der Waals surface area contributed by atoms with E-state index in [2.05, 4.69) is 5.32 Å². The van der Waals surface area contributed by atoms with Crippen LogP contribution in [0, 0.1) is 21.8 Å². The molecule has 0 fully saturated rings. The van der Waals surface area contributed by atoms with E-state index in [1.165, 1.54) is 42.5 Å². The predicted octanol–water partition coefficient (Wildman–Crippen LogP) is 3.65. The van der Waals surface area contributed by atoms with Crippen LogP contribution in [0.25, 0.3) is 0 Å². The number of halogens is 1. The summed E-state index contributed by atoms with van der Waals surface area (Å²) in [6.45, 7) is 0. The Labute approximate surface area is 191 Å². The van der Waals surface area contributed by atoms with Crippen molar-refractivity contribution in [3.8, 4) is 0 Å². The van der Waals surface area contributed by atoms with Gasteiger partial charge in [-0.3, -0.25) is 24.5 Å². The van der Waals surface area contributed by atoms with Crippen LogP contribution >= 0.6 is 0 Å². The summed E-state index contributed by atoms with van der Waals surface area (Å²) in [6, 6.07) is 15.8. The van der Waals surface area contributed by atoms with Gasteiger partial charge in [0.2, 0.25) is 5.78 Å².